The van der Waals surface area contributed by atoms with E-state index < -0.39 is 22.6 Å². The van der Waals surface area contributed by atoms with Crippen LogP contribution in [0.5, 0.6) is 0 Å². The lowest BCUT2D eigenvalue weighted by Gasteiger charge is -2.17. The van der Waals surface area contributed by atoms with Crippen molar-refractivity contribution in [2.24, 2.45) is 5.92 Å². The fourth-order valence-corrected chi connectivity index (χ4v) is 3.00. The van der Waals surface area contributed by atoms with Crippen molar-refractivity contribution in [3.05, 3.63) is 64.0 Å². The van der Waals surface area contributed by atoms with Crippen molar-refractivity contribution < 1.29 is 18.9 Å². The third-order valence-corrected chi connectivity index (χ3v) is 4.57. The van der Waals surface area contributed by atoms with Gasteiger partial charge >= 0.3 is 0 Å². The van der Waals surface area contributed by atoms with Gasteiger partial charge in [0.2, 0.25) is 11.8 Å². The topological polar surface area (TPSA) is 92.6 Å². The summed E-state index contributed by atoms with van der Waals surface area (Å²) < 4.78 is 13.9. The average Bonchev–Trinajstić information content (AvgIpc) is 3.05. The van der Waals surface area contributed by atoms with Crippen molar-refractivity contribution in [1.82, 2.24) is 0 Å². The Morgan fingerprint density at radius 2 is 2.00 bits per heavy atom. The van der Waals surface area contributed by atoms with Gasteiger partial charge in [0.15, 0.2) is 0 Å². The van der Waals surface area contributed by atoms with Crippen LogP contribution >= 0.6 is 0 Å². The Hall–Kier alpha value is -3.29. The molecule has 27 heavy (non-hydrogen) atoms. The van der Waals surface area contributed by atoms with Crippen LogP contribution in [0.25, 0.3) is 0 Å². The number of hydrogen-bond acceptors (Lipinski definition) is 4. The number of hydrogen-bond donors (Lipinski definition) is 1. The van der Waals surface area contributed by atoms with Crippen LogP contribution in [0.2, 0.25) is 0 Å². The van der Waals surface area contributed by atoms with E-state index in [-0.39, 0.29) is 30.2 Å². The maximum atomic E-state index is 13.9. The summed E-state index contributed by atoms with van der Waals surface area (Å²) in [5.74, 6) is -2.18. The predicted molar refractivity (Wildman–Crippen MR) is 98.0 cm³/mol. The number of rotatable bonds is 5. The third-order valence-electron chi connectivity index (χ3n) is 4.57. The Kier molecular flexibility index (Phi) is 5.16. The first-order chi connectivity index (χ1) is 12.9. The summed E-state index contributed by atoms with van der Waals surface area (Å²) in [7, 11) is 0. The van der Waals surface area contributed by atoms with Crippen LogP contribution in [0.15, 0.2) is 42.5 Å². The van der Waals surface area contributed by atoms with E-state index >= 15 is 0 Å². The number of carbonyl (C=O) groups is 2. The standard InChI is InChI=1S/C19H18FN3O4/c1-2-12-3-5-14(6-4-12)22-11-13(9-18(22)24)19(25)21-17-10-15(23(26)27)7-8-16(17)20/h3-8,10,13H,2,9,11H2,1H3,(H,21,25)/t13-/m0/s1. The molecule has 3 rings (SSSR count). The molecule has 0 radical (unpaired) electrons. The minimum atomic E-state index is -0.773. The number of nitro groups is 1. The monoisotopic (exact) mass is 371 g/mol. The molecule has 2 aromatic carbocycles. The van der Waals surface area contributed by atoms with E-state index in [4.69, 9.17) is 0 Å². The molecule has 2 aromatic rings. The van der Waals surface area contributed by atoms with Gasteiger partial charge in [-0.3, -0.25) is 19.7 Å². The summed E-state index contributed by atoms with van der Waals surface area (Å²) in [4.78, 5) is 36.4. The lowest BCUT2D eigenvalue weighted by molar-refractivity contribution is -0.384. The van der Waals surface area contributed by atoms with E-state index in [0.717, 1.165) is 30.2 Å². The number of nitrogens with zero attached hydrogens (tertiary/aromatic N) is 2. The maximum absolute atomic E-state index is 13.9. The van der Waals surface area contributed by atoms with Crippen molar-refractivity contribution in [2.75, 3.05) is 16.8 Å². The van der Waals surface area contributed by atoms with Crippen LogP contribution < -0.4 is 10.2 Å². The first-order valence-corrected chi connectivity index (χ1v) is 8.53. The van der Waals surface area contributed by atoms with Crippen molar-refractivity contribution in [1.29, 1.82) is 0 Å². The zero-order valence-electron chi connectivity index (χ0n) is 14.6. The average molecular weight is 371 g/mol. The van der Waals surface area contributed by atoms with Gasteiger partial charge in [-0.15, -0.1) is 0 Å². The van der Waals surface area contributed by atoms with E-state index in [1.807, 2.05) is 31.2 Å². The largest absolute Gasteiger partial charge is 0.323 e. The molecule has 140 valence electrons. The minimum absolute atomic E-state index is 0.00207. The molecule has 0 saturated carbocycles. The quantitative estimate of drug-likeness (QED) is 0.645. The molecule has 7 nitrogen and oxygen atoms in total. The van der Waals surface area contributed by atoms with Crippen LogP contribution in [0.1, 0.15) is 18.9 Å². The van der Waals surface area contributed by atoms with Crippen molar-refractivity contribution >= 4 is 28.9 Å². The molecule has 1 heterocycles. The van der Waals surface area contributed by atoms with E-state index in [0.29, 0.717) is 5.69 Å². The molecule has 1 atom stereocenters. The molecule has 0 bridgehead atoms. The second-order valence-corrected chi connectivity index (χ2v) is 6.34. The number of anilines is 2. The second-order valence-electron chi connectivity index (χ2n) is 6.34. The summed E-state index contributed by atoms with van der Waals surface area (Å²) in [5.41, 5.74) is 1.24. The Bertz CT molecular complexity index is 898. The van der Waals surface area contributed by atoms with Gasteiger partial charge < -0.3 is 10.2 Å². The van der Waals surface area contributed by atoms with Gasteiger partial charge in [0.05, 0.1) is 16.5 Å². The van der Waals surface area contributed by atoms with E-state index in [9.17, 15) is 24.1 Å². The van der Waals surface area contributed by atoms with Crippen LogP contribution in [0, 0.1) is 21.8 Å². The molecule has 1 saturated heterocycles. The summed E-state index contributed by atoms with van der Waals surface area (Å²) in [6, 6.07) is 10.4. The molecule has 1 aliphatic heterocycles. The van der Waals surface area contributed by atoms with Crippen LogP contribution in [-0.4, -0.2) is 23.3 Å². The molecular formula is C19H18FN3O4. The van der Waals surface area contributed by atoms with Gasteiger partial charge in [-0.2, -0.15) is 0 Å². The lowest BCUT2D eigenvalue weighted by atomic mass is 10.1. The second kappa shape index (κ2) is 7.53. The van der Waals surface area contributed by atoms with Gasteiger partial charge in [0, 0.05) is 30.8 Å². The number of benzene rings is 2. The number of carbonyl (C=O) groups excluding carboxylic acids is 2. The number of nitro benzene ring substituents is 1. The van der Waals surface area contributed by atoms with E-state index in [2.05, 4.69) is 5.32 Å². The van der Waals surface area contributed by atoms with E-state index in [1.54, 1.807) is 0 Å². The summed E-state index contributed by atoms with van der Waals surface area (Å²) in [6.07, 6.45) is 0.881. The van der Waals surface area contributed by atoms with Crippen LogP contribution in [-0.2, 0) is 16.0 Å². The number of aryl methyl sites for hydroxylation is 1. The molecule has 0 spiro atoms. The number of halogens is 1. The molecular weight excluding hydrogens is 353 g/mol. The lowest BCUT2D eigenvalue weighted by Crippen LogP contribution is -2.28. The molecule has 2 amide bonds. The summed E-state index contributed by atoms with van der Waals surface area (Å²) >= 11 is 0. The highest BCUT2D eigenvalue weighted by atomic mass is 19.1. The smallest absolute Gasteiger partial charge is 0.271 e. The van der Waals surface area contributed by atoms with Gasteiger partial charge in [-0.05, 0) is 30.2 Å². The number of non-ortho nitro benzene ring substituents is 1. The van der Waals surface area contributed by atoms with Crippen molar-refractivity contribution in [3.63, 3.8) is 0 Å². The van der Waals surface area contributed by atoms with Crippen LogP contribution in [0.4, 0.5) is 21.5 Å². The SMILES string of the molecule is CCc1ccc(N2C[C@@H](C(=O)Nc3cc([N+](=O)[O-])ccc3F)CC2=O)cc1. The molecule has 0 aromatic heterocycles. The van der Waals surface area contributed by atoms with Crippen LogP contribution in [0.3, 0.4) is 0 Å². The Balaban J connectivity index is 1.72. The fraction of sp³-hybridized carbons (Fsp3) is 0.263. The van der Waals surface area contributed by atoms with Crippen molar-refractivity contribution in [3.8, 4) is 0 Å². The first-order valence-electron chi connectivity index (χ1n) is 8.53. The fourth-order valence-electron chi connectivity index (χ4n) is 3.00. The Labute approximate surface area is 154 Å². The zero-order chi connectivity index (χ0) is 19.6. The third kappa shape index (κ3) is 3.94. The summed E-state index contributed by atoms with van der Waals surface area (Å²) in [6.45, 7) is 2.20. The minimum Gasteiger partial charge on any atom is -0.323 e. The predicted octanol–water partition coefficient (Wildman–Crippen LogP) is 3.29. The normalized spacial score (nSPS) is 16.4. The maximum Gasteiger partial charge on any atom is 0.271 e. The molecule has 0 unspecified atom stereocenters. The van der Waals surface area contributed by atoms with Gasteiger partial charge in [0.25, 0.3) is 5.69 Å². The number of nitrogens with one attached hydrogen (secondary N) is 1. The van der Waals surface area contributed by atoms with Crippen molar-refractivity contribution in [2.45, 2.75) is 19.8 Å². The Morgan fingerprint density at radius 3 is 2.63 bits per heavy atom. The van der Waals surface area contributed by atoms with Gasteiger partial charge in [0.1, 0.15) is 5.82 Å². The molecule has 0 aliphatic carbocycles. The van der Waals surface area contributed by atoms with E-state index in [1.165, 1.54) is 4.90 Å². The molecule has 1 fully saturated rings. The zero-order valence-corrected chi connectivity index (χ0v) is 14.6. The molecule has 8 heteroatoms. The first kappa shape index (κ1) is 18.5. The molecule has 1 aliphatic rings. The van der Waals surface area contributed by atoms with Gasteiger partial charge in [-0.25, -0.2) is 4.39 Å². The summed E-state index contributed by atoms with van der Waals surface area (Å²) in [5, 5.41) is 13.2. The molecule has 1 N–H and O–H groups in total. The highest BCUT2D eigenvalue weighted by molar-refractivity contribution is 6.03. The Morgan fingerprint density at radius 1 is 1.30 bits per heavy atom. The highest BCUT2D eigenvalue weighted by Gasteiger charge is 2.35. The highest BCUT2D eigenvalue weighted by Crippen LogP contribution is 2.27. The number of amides is 2. The van der Waals surface area contributed by atoms with Gasteiger partial charge in [-0.1, -0.05) is 19.1 Å².